The number of hydrogen-bond acceptors (Lipinski definition) is 5. The molecule has 1 aromatic heterocycles. The Balaban J connectivity index is 1.64. The fraction of sp³-hybridized carbons (Fsp3) is 0.0800. The van der Waals surface area contributed by atoms with Crippen LogP contribution >= 0.6 is 0 Å². The molecule has 32 heavy (non-hydrogen) atoms. The zero-order chi connectivity index (χ0) is 22.6. The van der Waals surface area contributed by atoms with Gasteiger partial charge in [-0.3, -0.25) is 4.79 Å². The van der Waals surface area contributed by atoms with Crippen LogP contribution in [-0.4, -0.2) is 27.8 Å². The number of amides is 1. The predicted octanol–water partition coefficient (Wildman–Crippen LogP) is 1.78. The lowest BCUT2D eigenvalue weighted by Crippen LogP contribution is -2.43. The van der Waals surface area contributed by atoms with Crippen LogP contribution in [0.1, 0.15) is 16.7 Å². The van der Waals surface area contributed by atoms with Gasteiger partial charge in [0.25, 0.3) is 5.91 Å². The minimum Gasteiger partial charge on any atom is -0.548 e. The van der Waals surface area contributed by atoms with Crippen LogP contribution in [0.4, 0.5) is 0 Å². The minimum absolute atomic E-state index is 0.303. The number of para-hydroxylation sites is 1. The number of hydrogen-bond donors (Lipinski definition) is 2. The van der Waals surface area contributed by atoms with E-state index in [1.54, 1.807) is 79.0 Å². The Labute approximate surface area is 184 Å². The standard InChI is InChI=1S/C25H21N3O4/c29-23(30)17-28-16-18(21-13-7-8-14-22(21)28)15-26-27-24(31)25(32,19-9-3-1-4-10-19)20-11-5-2-6-12-20/h1-16,32H,17H2,(H,27,31)(H,29,30)/p-1. The van der Waals surface area contributed by atoms with Crippen molar-refractivity contribution >= 4 is 29.0 Å². The molecule has 4 rings (SSSR count). The van der Waals surface area contributed by atoms with Gasteiger partial charge in [0, 0.05) is 22.7 Å². The molecule has 4 aromatic rings. The number of carbonyl (C=O) groups excluding carboxylic acids is 2. The molecule has 2 N–H and O–H groups in total. The van der Waals surface area contributed by atoms with Crippen molar-refractivity contribution in [3.05, 3.63) is 108 Å². The van der Waals surface area contributed by atoms with Gasteiger partial charge in [-0.15, -0.1) is 0 Å². The van der Waals surface area contributed by atoms with Gasteiger partial charge in [-0.2, -0.15) is 5.10 Å². The van der Waals surface area contributed by atoms with E-state index in [1.165, 1.54) is 10.8 Å². The SMILES string of the molecule is O=C([O-])Cn1cc(C=NNC(=O)C(O)(c2ccccc2)c2ccccc2)c2ccccc21. The summed E-state index contributed by atoms with van der Waals surface area (Å²) in [4.78, 5) is 24.2. The summed E-state index contributed by atoms with van der Waals surface area (Å²) in [5, 5.41) is 27.3. The number of aliphatic carboxylic acids is 1. The minimum atomic E-state index is -1.94. The molecule has 1 amide bonds. The van der Waals surface area contributed by atoms with Crippen molar-refractivity contribution in [2.24, 2.45) is 5.10 Å². The zero-order valence-electron chi connectivity index (χ0n) is 17.0. The third-order valence-electron chi connectivity index (χ3n) is 5.20. The van der Waals surface area contributed by atoms with Gasteiger partial charge in [0.15, 0.2) is 5.60 Å². The molecule has 0 aliphatic rings. The smallest absolute Gasteiger partial charge is 0.281 e. The van der Waals surface area contributed by atoms with Crippen molar-refractivity contribution in [2.45, 2.75) is 12.1 Å². The summed E-state index contributed by atoms with van der Waals surface area (Å²) in [5.74, 6) is -1.93. The van der Waals surface area contributed by atoms with Gasteiger partial charge in [-0.25, -0.2) is 5.43 Å². The molecule has 0 unspecified atom stereocenters. The number of benzene rings is 3. The molecular weight excluding hydrogens is 406 g/mol. The van der Waals surface area contributed by atoms with Crippen LogP contribution in [-0.2, 0) is 21.7 Å². The number of carboxylic acid groups (broad SMARTS) is 1. The highest BCUT2D eigenvalue weighted by molar-refractivity contribution is 6.00. The molecule has 160 valence electrons. The summed E-state index contributed by atoms with van der Waals surface area (Å²) < 4.78 is 1.54. The summed E-state index contributed by atoms with van der Waals surface area (Å²) in [6, 6.07) is 24.5. The van der Waals surface area contributed by atoms with Gasteiger partial charge in [0.1, 0.15) is 0 Å². The van der Waals surface area contributed by atoms with Gasteiger partial charge in [0.05, 0.1) is 18.7 Å². The first-order valence-electron chi connectivity index (χ1n) is 9.95. The van der Waals surface area contributed by atoms with Crippen LogP contribution in [0.5, 0.6) is 0 Å². The molecular formula is C25H20N3O4-. The average Bonchev–Trinajstić information content (AvgIpc) is 3.16. The molecule has 0 bridgehead atoms. The number of fused-ring (bicyclic) bond motifs is 1. The van der Waals surface area contributed by atoms with E-state index >= 15 is 0 Å². The number of aliphatic hydroxyl groups is 1. The van der Waals surface area contributed by atoms with Crippen LogP contribution < -0.4 is 10.5 Å². The molecule has 0 saturated heterocycles. The van der Waals surface area contributed by atoms with Crippen LogP contribution in [0.3, 0.4) is 0 Å². The van der Waals surface area contributed by atoms with E-state index in [2.05, 4.69) is 10.5 Å². The van der Waals surface area contributed by atoms with Gasteiger partial charge in [-0.1, -0.05) is 78.9 Å². The van der Waals surface area contributed by atoms with Gasteiger partial charge in [-0.05, 0) is 17.2 Å². The number of rotatable bonds is 7. The van der Waals surface area contributed by atoms with E-state index in [-0.39, 0.29) is 6.54 Å². The van der Waals surface area contributed by atoms with E-state index in [0.29, 0.717) is 22.2 Å². The molecule has 0 fully saturated rings. The van der Waals surface area contributed by atoms with E-state index in [4.69, 9.17) is 0 Å². The summed E-state index contributed by atoms with van der Waals surface area (Å²) in [6.07, 6.45) is 3.04. The van der Waals surface area contributed by atoms with Crippen molar-refractivity contribution in [2.75, 3.05) is 0 Å². The topological polar surface area (TPSA) is 107 Å². The lowest BCUT2D eigenvalue weighted by Gasteiger charge is -2.27. The van der Waals surface area contributed by atoms with Crippen LogP contribution in [0.15, 0.2) is 96.2 Å². The normalized spacial score (nSPS) is 11.7. The third kappa shape index (κ3) is 4.01. The quantitative estimate of drug-likeness (QED) is 0.347. The van der Waals surface area contributed by atoms with E-state index in [9.17, 15) is 19.8 Å². The lowest BCUT2D eigenvalue weighted by atomic mass is 9.85. The van der Waals surface area contributed by atoms with Crippen LogP contribution in [0, 0.1) is 0 Å². The van der Waals surface area contributed by atoms with E-state index in [1.807, 2.05) is 12.1 Å². The maximum Gasteiger partial charge on any atom is 0.281 e. The molecule has 0 saturated carbocycles. The number of carboxylic acids is 1. The molecule has 0 atom stereocenters. The molecule has 7 nitrogen and oxygen atoms in total. The third-order valence-corrected chi connectivity index (χ3v) is 5.20. The van der Waals surface area contributed by atoms with E-state index in [0.717, 1.165) is 5.39 Å². The Kier molecular flexibility index (Phi) is 5.83. The van der Waals surface area contributed by atoms with Crippen molar-refractivity contribution < 1.29 is 19.8 Å². The highest BCUT2D eigenvalue weighted by Crippen LogP contribution is 2.30. The Morgan fingerprint density at radius 1 is 0.938 bits per heavy atom. The van der Waals surface area contributed by atoms with Crippen molar-refractivity contribution in [3.63, 3.8) is 0 Å². The van der Waals surface area contributed by atoms with E-state index < -0.39 is 17.5 Å². The zero-order valence-corrected chi connectivity index (χ0v) is 17.0. The second-order valence-electron chi connectivity index (χ2n) is 7.24. The number of aromatic nitrogens is 1. The highest BCUT2D eigenvalue weighted by Gasteiger charge is 2.39. The first-order valence-corrected chi connectivity index (χ1v) is 9.95. The molecule has 7 heteroatoms. The molecule has 0 spiro atoms. The second kappa shape index (κ2) is 8.87. The molecule has 1 heterocycles. The Bertz CT molecular complexity index is 1240. The first kappa shape index (κ1) is 21.0. The Morgan fingerprint density at radius 2 is 1.50 bits per heavy atom. The summed E-state index contributed by atoms with van der Waals surface area (Å²) in [6.45, 7) is -0.303. The van der Waals surface area contributed by atoms with Crippen LogP contribution in [0.25, 0.3) is 10.9 Å². The predicted molar refractivity (Wildman–Crippen MR) is 119 cm³/mol. The van der Waals surface area contributed by atoms with Crippen molar-refractivity contribution in [3.8, 4) is 0 Å². The van der Waals surface area contributed by atoms with Crippen molar-refractivity contribution in [1.82, 2.24) is 9.99 Å². The summed E-state index contributed by atoms with van der Waals surface area (Å²) in [7, 11) is 0. The molecule has 3 aromatic carbocycles. The lowest BCUT2D eigenvalue weighted by molar-refractivity contribution is -0.306. The van der Waals surface area contributed by atoms with Crippen LogP contribution in [0.2, 0.25) is 0 Å². The fourth-order valence-electron chi connectivity index (χ4n) is 3.68. The molecule has 0 aliphatic heterocycles. The second-order valence-corrected chi connectivity index (χ2v) is 7.24. The largest absolute Gasteiger partial charge is 0.548 e. The van der Waals surface area contributed by atoms with Gasteiger partial charge >= 0.3 is 0 Å². The number of nitrogens with zero attached hydrogens (tertiary/aromatic N) is 2. The van der Waals surface area contributed by atoms with Gasteiger partial charge in [0.2, 0.25) is 0 Å². The first-order chi connectivity index (χ1) is 15.5. The maximum absolute atomic E-state index is 13.1. The Morgan fingerprint density at radius 3 is 2.09 bits per heavy atom. The number of nitrogens with one attached hydrogen (secondary N) is 1. The molecule has 0 aliphatic carbocycles. The number of carbonyl (C=O) groups is 2. The summed E-state index contributed by atoms with van der Waals surface area (Å²) in [5.41, 5.74) is 2.62. The molecule has 0 radical (unpaired) electrons. The Hall–Kier alpha value is -4.23. The average molecular weight is 426 g/mol. The maximum atomic E-state index is 13.1. The monoisotopic (exact) mass is 426 g/mol. The number of hydrazone groups is 1. The summed E-state index contributed by atoms with van der Waals surface area (Å²) >= 11 is 0. The fourth-order valence-corrected chi connectivity index (χ4v) is 3.68. The van der Waals surface area contributed by atoms with Crippen molar-refractivity contribution in [1.29, 1.82) is 0 Å². The highest BCUT2D eigenvalue weighted by atomic mass is 16.4. The van der Waals surface area contributed by atoms with Gasteiger partial charge < -0.3 is 19.6 Å².